The van der Waals surface area contributed by atoms with E-state index in [1.54, 1.807) is 13.2 Å². The molecule has 6 heteroatoms. The molecule has 3 rings (SSSR count). The summed E-state index contributed by atoms with van der Waals surface area (Å²) in [4.78, 5) is 8.54. The molecule has 1 heterocycles. The Bertz CT molecular complexity index is 839. The predicted octanol–water partition coefficient (Wildman–Crippen LogP) is 4.14. The van der Waals surface area contributed by atoms with Crippen LogP contribution in [0, 0.1) is 0 Å². The molecule has 0 saturated carbocycles. The fourth-order valence-electron chi connectivity index (χ4n) is 2.52. The van der Waals surface area contributed by atoms with Crippen molar-refractivity contribution in [3.63, 3.8) is 0 Å². The molecule has 0 radical (unpaired) electrons. The molecule has 2 aromatic carbocycles. The first-order chi connectivity index (χ1) is 13.3. The zero-order valence-corrected chi connectivity index (χ0v) is 18.2. The predicted molar refractivity (Wildman–Crippen MR) is 124 cm³/mol. The standard InChI is InChI=1S/C22H24N4O.HI/c1-23-22(26-16-20-7-5-6-14-24-20)25-15-18-10-12-19(13-11-18)17-27-21-8-3-2-4-9-21;/h2-14H,15-17H2,1H3,(H2,23,25,26);1H. The number of halogens is 1. The van der Waals surface area contributed by atoms with Gasteiger partial charge in [0.2, 0.25) is 0 Å². The molecule has 5 nitrogen and oxygen atoms in total. The monoisotopic (exact) mass is 488 g/mol. The molecular formula is C22H25IN4O. The average Bonchev–Trinajstić information content (AvgIpc) is 2.74. The van der Waals surface area contributed by atoms with E-state index in [1.165, 1.54) is 5.56 Å². The molecule has 0 unspecified atom stereocenters. The molecule has 1 aromatic heterocycles. The van der Waals surface area contributed by atoms with Crippen molar-refractivity contribution < 1.29 is 4.74 Å². The Balaban J connectivity index is 0.00000280. The minimum Gasteiger partial charge on any atom is -0.489 e. The molecular weight excluding hydrogens is 463 g/mol. The highest BCUT2D eigenvalue weighted by atomic mass is 127. The first-order valence-electron chi connectivity index (χ1n) is 8.93. The molecule has 0 spiro atoms. The van der Waals surface area contributed by atoms with Gasteiger partial charge in [-0.15, -0.1) is 24.0 Å². The van der Waals surface area contributed by atoms with E-state index in [0.29, 0.717) is 19.7 Å². The minimum atomic E-state index is 0. The van der Waals surface area contributed by atoms with E-state index in [9.17, 15) is 0 Å². The van der Waals surface area contributed by atoms with Crippen molar-refractivity contribution in [2.45, 2.75) is 19.7 Å². The number of nitrogens with one attached hydrogen (secondary N) is 2. The summed E-state index contributed by atoms with van der Waals surface area (Å²) in [6.07, 6.45) is 1.79. The third-order valence-corrected chi connectivity index (χ3v) is 4.02. The van der Waals surface area contributed by atoms with Gasteiger partial charge < -0.3 is 15.4 Å². The minimum absolute atomic E-state index is 0. The number of aromatic nitrogens is 1. The second-order valence-electron chi connectivity index (χ2n) is 6.02. The number of guanidine groups is 1. The molecule has 28 heavy (non-hydrogen) atoms. The molecule has 0 saturated heterocycles. The van der Waals surface area contributed by atoms with Crippen LogP contribution in [0.4, 0.5) is 0 Å². The molecule has 3 aromatic rings. The van der Waals surface area contributed by atoms with Crippen molar-refractivity contribution >= 4 is 29.9 Å². The summed E-state index contributed by atoms with van der Waals surface area (Å²) in [6, 6.07) is 24.1. The van der Waals surface area contributed by atoms with Crippen molar-refractivity contribution in [1.82, 2.24) is 15.6 Å². The van der Waals surface area contributed by atoms with Gasteiger partial charge in [-0.05, 0) is 35.4 Å². The number of ether oxygens (including phenoxy) is 1. The van der Waals surface area contributed by atoms with Gasteiger partial charge in [-0.2, -0.15) is 0 Å². The molecule has 0 atom stereocenters. The smallest absolute Gasteiger partial charge is 0.191 e. The highest BCUT2D eigenvalue weighted by Gasteiger charge is 2.01. The topological polar surface area (TPSA) is 58.5 Å². The average molecular weight is 488 g/mol. The van der Waals surface area contributed by atoms with Gasteiger partial charge in [-0.1, -0.05) is 48.5 Å². The van der Waals surface area contributed by atoms with Crippen molar-refractivity contribution in [2.24, 2.45) is 4.99 Å². The lowest BCUT2D eigenvalue weighted by atomic mass is 10.1. The summed E-state index contributed by atoms with van der Waals surface area (Å²) in [5, 5.41) is 6.58. The summed E-state index contributed by atoms with van der Waals surface area (Å²) in [7, 11) is 1.76. The van der Waals surface area contributed by atoms with Crippen LogP contribution in [0.3, 0.4) is 0 Å². The van der Waals surface area contributed by atoms with Gasteiger partial charge in [-0.3, -0.25) is 9.98 Å². The van der Waals surface area contributed by atoms with Gasteiger partial charge in [-0.25, -0.2) is 0 Å². The zero-order chi connectivity index (χ0) is 18.7. The Hall–Kier alpha value is -2.61. The number of pyridine rings is 1. The Morgan fingerprint density at radius 2 is 1.54 bits per heavy atom. The van der Waals surface area contributed by atoms with Gasteiger partial charge in [0.1, 0.15) is 12.4 Å². The first-order valence-corrected chi connectivity index (χ1v) is 8.93. The number of hydrogen-bond donors (Lipinski definition) is 2. The second-order valence-corrected chi connectivity index (χ2v) is 6.02. The summed E-state index contributed by atoms with van der Waals surface area (Å²) in [5.41, 5.74) is 3.29. The van der Waals surface area contributed by atoms with Crippen LogP contribution in [0.1, 0.15) is 16.8 Å². The number of para-hydroxylation sites is 1. The molecule has 146 valence electrons. The maximum absolute atomic E-state index is 5.77. The lowest BCUT2D eigenvalue weighted by molar-refractivity contribution is 0.306. The van der Waals surface area contributed by atoms with Crippen molar-refractivity contribution in [1.29, 1.82) is 0 Å². The maximum Gasteiger partial charge on any atom is 0.191 e. The molecule has 0 bridgehead atoms. The van der Waals surface area contributed by atoms with Gasteiger partial charge >= 0.3 is 0 Å². The quantitative estimate of drug-likeness (QED) is 0.298. The van der Waals surface area contributed by atoms with Crippen LogP contribution in [0.25, 0.3) is 0 Å². The van der Waals surface area contributed by atoms with Crippen LogP contribution in [0.2, 0.25) is 0 Å². The Morgan fingerprint density at radius 3 is 2.21 bits per heavy atom. The molecule has 0 amide bonds. The SMILES string of the molecule is CN=C(NCc1ccc(COc2ccccc2)cc1)NCc1ccccn1.I. The lowest BCUT2D eigenvalue weighted by Gasteiger charge is -2.12. The molecule has 0 aliphatic rings. The number of benzene rings is 2. The van der Waals surface area contributed by atoms with E-state index in [4.69, 9.17) is 4.74 Å². The first kappa shape index (κ1) is 21.7. The Morgan fingerprint density at radius 1 is 0.857 bits per heavy atom. The number of aliphatic imine (C=N–C) groups is 1. The van der Waals surface area contributed by atoms with Gasteiger partial charge in [0.15, 0.2) is 5.96 Å². The molecule has 2 N–H and O–H groups in total. The van der Waals surface area contributed by atoms with E-state index < -0.39 is 0 Å². The largest absolute Gasteiger partial charge is 0.489 e. The van der Waals surface area contributed by atoms with Crippen LogP contribution in [-0.4, -0.2) is 18.0 Å². The van der Waals surface area contributed by atoms with Crippen LogP contribution in [-0.2, 0) is 19.7 Å². The Labute approximate surface area is 183 Å². The van der Waals surface area contributed by atoms with Crippen molar-refractivity contribution in [3.05, 3.63) is 95.8 Å². The molecule has 0 aliphatic carbocycles. The third-order valence-electron chi connectivity index (χ3n) is 4.02. The third kappa shape index (κ3) is 7.19. The second kappa shape index (κ2) is 12.0. The van der Waals surface area contributed by atoms with E-state index in [0.717, 1.165) is 23.0 Å². The van der Waals surface area contributed by atoms with Crippen molar-refractivity contribution in [3.8, 4) is 5.75 Å². The highest BCUT2D eigenvalue weighted by Crippen LogP contribution is 2.12. The fourth-order valence-corrected chi connectivity index (χ4v) is 2.52. The summed E-state index contributed by atoms with van der Waals surface area (Å²) in [6.45, 7) is 1.89. The fraction of sp³-hybridized carbons (Fsp3) is 0.182. The normalized spacial score (nSPS) is 10.7. The summed E-state index contributed by atoms with van der Waals surface area (Å²) < 4.78 is 5.77. The van der Waals surface area contributed by atoms with Crippen LogP contribution in [0.15, 0.2) is 84.0 Å². The number of hydrogen-bond acceptors (Lipinski definition) is 3. The number of nitrogens with zero attached hydrogens (tertiary/aromatic N) is 2. The van der Waals surface area contributed by atoms with Gasteiger partial charge in [0.25, 0.3) is 0 Å². The van der Waals surface area contributed by atoms with E-state index >= 15 is 0 Å². The maximum atomic E-state index is 5.77. The summed E-state index contributed by atoms with van der Waals surface area (Å²) in [5.74, 6) is 1.63. The highest BCUT2D eigenvalue weighted by molar-refractivity contribution is 14.0. The van der Waals surface area contributed by atoms with E-state index in [-0.39, 0.29) is 24.0 Å². The van der Waals surface area contributed by atoms with E-state index in [2.05, 4.69) is 44.9 Å². The van der Waals surface area contributed by atoms with Gasteiger partial charge in [0.05, 0.1) is 12.2 Å². The zero-order valence-electron chi connectivity index (χ0n) is 15.8. The Kier molecular flexibility index (Phi) is 9.27. The lowest BCUT2D eigenvalue weighted by Crippen LogP contribution is -2.36. The summed E-state index contributed by atoms with van der Waals surface area (Å²) >= 11 is 0. The molecule has 0 fully saturated rings. The van der Waals surface area contributed by atoms with Gasteiger partial charge in [0, 0.05) is 19.8 Å². The number of rotatable bonds is 7. The van der Waals surface area contributed by atoms with E-state index in [1.807, 2.05) is 48.5 Å². The van der Waals surface area contributed by atoms with Crippen LogP contribution >= 0.6 is 24.0 Å². The van der Waals surface area contributed by atoms with Crippen LogP contribution < -0.4 is 15.4 Å². The van der Waals surface area contributed by atoms with Crippen LogP contribution in [0.5, 0.6) is 5.75 Å². The van der Waals surface area contributed by atoms with Crippen molar-refractivity contribution in [2.75, 3.05) is 7.05 Å². The molecule has 0 aliphatic heterocycles.